The summed E-state index contributed by atoms with van der Waals surface area (Å²) in [7, 11) is 0. The summed E-state index contributed by atoms with van der Waals surface area (Å²) in [5.41, 5.74) is 0. The van der Waals surface area contributed by atoms with Crippen LogP contribution in [-0.2, 0) is 6.54 Å². The minimum atomic E-state index is 0.703. The molecule has 0 aromatic carbocycles. The first-order valence-electron chi connectivity index (χ1n) is 6.98. The van der Waals surface area contributed by atoms with Crippen LogP contribution in [0.1, 0.15) is 37.5 Å². The molecule has 102 valence electrons. The Bertz CT molecular complexity index is 347. The number of nitrogens with one attached hydrogen (secondary N) is 1. The van der Waals surface area contributed by atoms with Gasteiger partial charge in [-0.15, -0.1) is 11.3 Å². The molecule has 1 saturated heterocycles. The molecule has 1 fully saturated rings. The third kappa shape index (κ3) is 4.65. The number of nitrogens with zero attached hydrogens (tertiary/aromatic N) is 1. The van der Waals surface area contributed by atoms with Crippen LogP contribution < -0.4 is 5.32 Å². The zero-order chi connectivity index (χ0) is 12.8. The van der Waals surface area contributed by atoms with E-state index in [0.29, 0.717) is 6.04 Å². The van der Waals surface area contributed by atoms with E-state index >= 15 is 0 Å². The topological polar surface area (TPSA) is 15.3 Å². The first kappa shape index (κ1) is 14.5. The zero-order valence-corrected chi connectivity index (χ0v) is 13.5. The lowest BCUT2D eigenvalue weighted by Gasteiger charge is -2.30. The smallest absolute Gasteiger partial charge is 0.0701 e. The molecular weight excluding hydrogens is 308 g/mol. The maximum atomic E-state index is 3.65. The van der Waals surface area contributed by atoms with Gasteiger partial charge < -0.3 is 5.32 Å². The number of hydrogen-bond acceptors (Lipinski definition) is 3. The van der Waals surface area contributed by atoms with Gasteiger partial charge in [0.25, 0.3) is 0 Å². The van der Waals surface area contributed by atoms with Crippen molar-refractivity contribution < 1.29 is 0 Å². The lowest BCUT2D eigenvalue weighted by atomic mass is 10.0. The summed E-state index contributed by atoms with van der Waals surface area (Å²) < 4.78 is 1.24. The van der Waals surface area contributed by atoms with E-state index in [9.17, 15) is 0 Å². The third-order valence-corrected chi connectivity index (χ3v) is 5.05. The molecule has 2 nitrogen and oxygen atoms in total. The molecule has 0 spiro atoms. The molecule has 0 aliphatic carbocycles. The maximum absolute atomic E-state index is 3.65. The van der Waals surface area contributed by atoms with Gasteiger partial charge in [0.1, 0.15) is 0 Å². The van der Waals surface area contributed by atoms with Gasteiger partial charge in [-0.25, -0.2) is 0 Å². The molecule has 1 aliphatic heterocycles. The summed E-state index contributed by atoms with van der Waals surface area (Å²) in [6.45, 7) is 6.97. The Balaban J connectivity index is 1.86. The average Bonchev–Trinajstić information content (AvgIpc) is 2.76. The Kier molecular flexibility index (Phi) is 6.15. The van der Waals surface area contributed by atoms with E-state index in [1.165, 1.54) is 54.0 Å². The van der Waals surface area contributed by atoms with E-state index in [2.05, 4.69) is 45.2 Å². The highest BCUT2D eigenvalue weighted by Crippen LogP contribution is 2.23. The molecule has 4 heteroatoms. The highest BCUT2D eigenvalue weighted by Gasteiger charge is 2.16. The largest absolute Gasteiger partial charge is 0.313 e. The van der Waals surface area contributed by atoms with Crippen LogP contribution in [-0.4, -0.2) is 30.6 Å². The quantitative estimate of drug-likeness (QED) is 0.851. The summed E-state index contributed by atoms with van der Waals surface area (Å²) in [5, 5.41) is 3.65. The predicted molar refractivity (Wildman–Crippen MR) is 83.2 cm³/mol. The van der Waals surface area contributed by atoms with Crippen LogP contribution >= 0.6 is 27.3 Å². The highest BCUT2D eigenvalue weighted by molar-refractivity contribution is 9.11. The molecule has 0 bridgehead atoms. The van der Waals surface area contributed by atoms with Gasteiger partial charge in [-0.3, -0.25) is 4.90 Å². The van der Waals surface area contributed by atoms with Gasteiger partial charge in [0.05, 0.1) is 3.79 Å². The molecular formula is C14H23BrN2S. The van der Waals surface area contributed by atoms with Crippen molar-refractivity contribution in [2.75, 3.05) is 19.6 Å². The molecule has 1 atom stereocenters. The van der Waals surface area contributed by atoms with E-state index in [-0.39, 0.29) is 0 Å². The van der Waals surface area contributed by atoms with Crippen LogP contribution in [0.25, 0.3) is 0 Å². The molecule has 1 aliphatic rings. The molecule has 2 heterocycles. The number of thiophene rings is 1. The van der Waals surface area contributed by atoms with E-state index in [1.54, 1.807) is 0 Å². The second-order valence-electron chi connectivity index (χ2n) is 5.09. The maximum Gasteiger partial charge on any atom is 0.0701 e. The van der Waals surface area contributed by atoms with Crippen LogP contribution in [0.3, 0.4) is 0 Å². The zero-order valence-electron chi connectivity index (χ0n) is 11.1. The molecule has 1 aromatic rings. The van der Waals surface area contributed by atoms with Crippen LogP contribution in [0.2, 0.25) is 0 Å². The number of rotatable bonds is 6. The van der Waals surface area contributed by atoms with Crippen molar-refractivity contribution in [2.24, 2.45) is 0 Å². The Morgan fingerprint density at radius 1 is 1.44 bits per heavy atom. The second-order valence-corrected chi connectivity index (χ2v) is 7.64. The van der Waals surface area contributed by atoms with Gasteiger partial charge in [0.15, 0.2) is 0 Å². The molecule has 0 radical (unpaired) electrons. The van der Waals surface area contributed by atoms with Crippen molar-refractivity contribution >= 4 is 27.3 Å². The van der Waals surface area contributed by atoms with Gasteiger partial charge in [0, 0.05) is 24.0 Å². The summed E-state index contributed by atoms with van der Waals surface area (Å²) in [4.78, 5) is 4.06. The number of hydrogen-bond donors (Lipinski definition) is 1. The van der Waals surface area contributed by atoms with Crippen molar-refractivity contribution in [3.8, 4) is 0 Å². The van der Waals surface area contributed by atoms with E-state index < -0.39 is 0 Å². The van der Waals surface area contributed by atoms with Crippen LogP contribution in [0.5, 0.6) is 0 Å². The first-order valence-corrected chi connectivity index (χ1v) is 8.59. The van der Waals surface area contributed by atoms with Crippen LogP contribution in [0, 0.1) is 0 Å². The summed E-state index contributed by atoms with van der Waals surface area (Å²) in [6.07, 6.45) is 5.32. The molecule has 0 saturated carbocycles. The van der Waals surface area contributed by atoms with Crippen molar-refractivity contribution in [3.63, 3.8) is 0 Å². The molecule has 1 unspecified atom stereocenters. The molecule has 18 heavy (non-hydrogen) atoms. The van der Waals surface area contributed by atoms with Gasteiger partial charge in [-0.1, -0.05) is 13.3 Å². The normalized spacial score (nSPS) is 20.5. The van der Waals surface area contributed by atoms with E-state index in [0.717, 1.165) is 6.54 Å². The average molecular weight is 331 g/mol. The summed E-state index contributed by atoms with van der Waals surface area (Å²) >= 11 is 5.41. The Morgan fingerprint density at radius 3 is 2.94 bits per heavy atom. The summed E-state index contributed by atoms with van der Waals surface area (Å²) in [5.74, 6) is 0. The van der Waals surface area contributed by atoms with Gasteiger partial charge >= 0.3 is 0 Å². The molecule has 0 amide bonds. The van der Waals surface area contributed by atoms with Crippen LogP contribution in [0.15, 0.2) is 15.9 Å². The van der Waals surface area contributed by atoms with Crippen molar-refractivity contribution in [2.45, 2.75) is 45.2 Å². The standard InChI is InChI=1S/C14H23BrN2S/c1-2-9-17(10-12-5-3-4-8-16-12)11-13-6-7-14(15)18-13/h6-7,12,16H,2-5,8-11H2,1H3. The Hall–Kier alpha value is 0.1000. The van der Waals surface area contributed by atoms with Crippen molar-refractivity contribution in [1.82, 2.24) is 10.2 Å². The minimum Gasteiger partial charge on any atom is -0.313 e. The van der Waals surface area contributed by atoms with Gasteiger partial charge in [-0.05, 0) is 60.4 Å². The lowest BCUT2D eigenvalue weighted by Crippen LogP contribution is -2.43. The summed E-state index contributed by atoms with van der Waals surface area (Å²) in [6, 6.07) is 5.10. The number of halogens is 1. The Morgan fingerprint density at radius 2 is 2.33 bits per heavy atom. The van der Waals surface area contributed by atoms with Gasteiger partial charge in [-0.2, -0.15) is 0 Å². The number of piperidine rings is 1. The highest BCUT2D eigenvalue weighted by atomic mass is 79.9. The Labute approximate surface area is 123 Å². The first-order chi connectivity index (χ1) is 8.78. The fraction of sp³-hybridized carbons (Fsp3) is 0.714. The lowest BCUT2D eigenvalue weighted by molar-refractivity contribution is 0.219. The van der Waals surface area contributed by atoms with Crippen LogP contribution in [0.4, 0.5) is 0 Å². The molecule has 1 aromatic heterocycles. The SMILES string of the molecule is CCCN(Cc1ccc(Br)s1)CC1CCCCN1. The molecule has 1 N–H and O–H groups in total. The minimum absolute atomic E-state index is 0.703. The van der Waals surface area contributed by atoms with Gasteiger partial charge in [0.2, 0.25) is 0 Å². The fourth-order valence-corrected chi connectivity index (χ4v) is 4.13. The second kappa shape index (κ2) is 7.63. The van der Waals surface area contributed by atoms with Crippen molar-refractivity contribution in [3.05, 3.63) is 20.8 Å². The van der Waals surface area contributed by atoms with E-state index in [1.807, 2.05) is 11.3 Å². The van der Waals surface area contributed by atoms with E-state index in [4.69, 9.17) is 0 Å². The third-order valence-electron chi connectivity index (χ3n) is 3.44. The molecule has 2 rings (SSSR count). The fourth-order valence-electron chi connectivity index (χ4n) is 2.60. The van der Waals surface area contributed by atoms with Crippen molar-refractivity contribution in [1.29, 1.82) is 0 Å². The monoisotopic (exact) mass is 330 g/mol. The predicted octanol–water partition coefficient (Wildman–Crippen LogP) is 3.86.